The van der Waals surface area contributed by atoms with Crippen LogP contribution >= 0.6 is 23.4 Å². The maximum Gasteiger partial charge on any atom is 0.441 e. The molecule has 1 rings (SSSR count). The molecule has 0 bridgehead atoms. The van der Waals surface area contributed by atoms with Crippen molar-refractivity contribution in [1.29, 1.82) is 0 Å². The molecule has 1 fully saturated rings. The van der Waals surface area contributed by atoms with Gasteiger partial charge in [-0.3, -0.25) is 0 Å². The first-order chi connectivity index (χ1) is 6.47. The Morgan fingerprint density at radius 2 is 2.14 bits per heavy atom. The topological polar surface area (TPSA) is 9.23 Å². The Morgan fingerprint density at radius 3 is 2.57 bits per heavy atom. The molecule has 1 atom stereocenters. The molecule has 84 valence electrons. The molecule has 1 nitrogen and oxygen atoms in total. The summed E-state index contributed by atoms with van der Waals surface area (Å²) in [5, 5.41) is 0. The average molecular weight is 249 g/mol. The first-order valence-electron chi connectivity index (χ1n) is 4.32. The predicted molar refractivity (Wildman–Crippen MR) is 51.7 cm³/mol. The van der Waals surface area contributed by atoms with Crippen LogP contribution in [-0.4, -0.2) is 30.4 Å². The number of rotatable bonds is 4. The van der Waals surface area contributed by atoms with Crippen LogP contribution in [0, 0.1) is 5.41 Å². The van der Waals surface area contributed by atoms with Crippen LogP contribution in [-0.2, 0) is 4.74 Å². The fraction of sp³-hybridized carbons (Fsp3) is 1.00. The molecule has 0 saturated carbocycles. The van der Waals surface area contributed by atoms with E-state index in [2.05, 4.69) is 0 Å². The van der Waals surface area contributed by atoms with Crippen molar-refractivity contribution in [3.63, 3.8) is 0 Å². The minimum atomic E-state index is -4.13. The summed E-state index contributed by atoms with van der Waals surface area (Å²) in [6.07, 6.45) is 1.25. The van der Waals surface area contributed by atoms with E-state index in [1.54, 1.807) is 0 Å². The molecular formula is C8H12ClF3OS. The van der Waals surface area contributed by atoms with Gasteiger partial charge in [0.1, 0.15) is 0 Å². The van der Waals surface area contributed by atoms with Crippen LogP contribution in [0.1, 0.15) is 12.8 Å². The van der Waals surface area contributed by atoms with Gasteiger partial charge in [-0.2, -0.15) is 13.2 Å². The normalized spacial score (nSPS) is 28.3. The van der Waals surface area contributed by atoms with Crippen molar-refractivity contribution < 1.29 is 17.9 Å². The molecule has 0 amide bonds. The summed E-state index contributed by atoms with van der Waals surface area (Å²) in [6, 6.07) is 0. The first kappa shape index (κ1) is 12.5. The van der Waals surface area contributed by atoms with Gasteiger partial charge in [0.05, 0.1) is 6.61 Å². The largest absolute Gasteiger partial charge is 0.441 e. The van der Waals surface area contributed by atoms with Gasteiger partial charge in [-0.25, -0.2) is 0 Å². The Bertz CT molecular complexity index is 180. The molecule has 1 heterocycles. The number of alkyl halides is 4. The Hall–Kier alpha value is 0.390. The van der Waals surface area contributed by atoms with Crippen LogP contribution in [0.4, 0.5) is 13.2 Å². The van der Waals surface area contributed by atoms with Crippen molar-refractivity contribution in [1.82, 2.24) is 0 Å². The molecule has 0 aromatic heterocycles. The molecule has 0 radical (unpaired) electrons. The fourth-order valence-corrected chi connectivity index (χ4v) is 2.51. The van der Waals surface area contributed by atoms with Gasteiger partial charge >= 0.3 is 5.51 Å². The maximum atomic E-state index is 11.9. The standard InChI is InChI=1S/C8H12ClF3OS/c9-5-7(1-3-13-6-7)2-4-14-8(10,11)12/h1-6H2. The minimum Gasteiger partial charge on any atom is -0.381 e. The van der Waals surface area contributed by atoms with Crippen LogP contribution in [0.3, 0.4) is 0 Å². The lowest BCUT2D eigenvalue weighted by Gasteiger charge is -2.24. The molecule has 0 aliphatic carbocycles. The highest BCUT2D eigenvalue weighted by Crippen LogP contribution is 2.38. The van der Waals surface area contributed by atoms with Gasteiger partial charge in [0.15, 0.2) is 0 Å². The lowest BCUT2D eigenvalue weighted by atomic mass is 9.87. The lowest BCUT2D eigenvalue weighted by molar-refractivity contribution is -0.0329. The lowest BCUT2D eigenvalue weighted by Crippen LogP contribution is -2.24. The summed E-state index contributed by atoms with van der Waals surface area (Å²) < 4.78 is 40.7. The number of hydrogen-bond donors (Lipinski definition) is 0. The Kier molecular flexibility index (Phi) is 4.40. The van der Waals surface area contributed by atoms with Crippen LogP contribution in [0.15, 0.2) is 0 Å². The van der Waals surface area contributed by atoms with Crippen LogP contribution in [0.5, 0.6) is 0 Å². The summed E-state index contributed by atoms with van der Waals surface area (Å²) in [5.41, 5.74) is -4.35. The van der Waals surface area contributed by atoms with Crippen molar-refractivity contribution in [2.45, 2.75) is 18.3 Å². The van der Waals surface area contributed by atoms with Crippen LogP contribution < -0.4 is 0 Å². The van der Waals surface area contributed by atoms with Crippen molar-refractivity contribution >= 4 is 23.4 Å². The second kappa shape index (κ2) is 4.94. The summed E-state index contributed by atoms with van der Waals surface area (Å²) >= 11 is 5.76. The average Bonchev–Trinajstić information content (AvgIpc) is 2.52. The van der Waals surface area contributed by atoms with Crippen molar-refractivity contribution in [2.75, 3.05) is 24.8 Å². The molecular weight excluding hydrogens is 237 g/mol. The molecule has 0 spiro atoms. The Labute approximate surface area is 90.3 Å². The summed E-state index contributed by atoms with van der Waals surface area (Å²) in [6.45, 7) is 1.11. The SMILES string of the molecule is FC(F)(F)SCCC1(CCl)CCOC1. The molecule has 0 aromatic rings. The quantitative estimate of drug-likeness (QED) is 0.706. The highest BCUT2D eigenvalue weighted by Gasteiger charge is 2.36. The molecule has 1 aliphatic rings. The van der Waals surface area contributed by atoms with E-state index < -0.39 is 5.51 Å². The Morgan fingerprint density at radius 1 is 1.43 bits per heavy atom. The van der Waals surface area contributed by atoms with E-state index in [1.165, 1.54) is 0 Å². The smallest absolute Gasteiger partial charge is 0.381 e. The summed E-state index contributed by atoms with van der Waals surface area (Å²) in [4.78, 5) is 0. The number of hydrogen-bond acceptors (Lipinski definition) is 2. The fourth-order valence-electron chi connectivity index (χ4n) is 1.40. The van der Waals surface area contributed by atoms with E-state index in [9.17, 15) is 13.2 Å². The third kappa shape index (κ3) is 3.87. The summed E-state index contributed by atoms with van der Waals surface area (Å²) in [5.74, 6) is 0.449. The molecule has 1 unspecified atom stereocenters. The van der Waals surface area contributed by atoms with E-state index in [4.69, 9.17) is 16.3 Å². The van der Waals surface area contributed by atoms with Gasteiger partial charge in [-0.15, -0.1) is 11.6 Å². The van der Waals surface area contributed by atoms with Gasteiger partial charge in [0, 0.05) is 23.7 Å². The van der Waals surface area contributed by atoms with Gasteiger partial charge in [-0.1, -0.05) is 11.8 Å². The minimum absolute atomic E-state index is 0.0201. The number of thioether (sulfide) groups is 1. The van der Waals surface area contributed by atoms with Gasteiger partial charge in [-0.05, 0) is 12.8 Å². The first-order valence-corrected chi connectivity index (χ1v) is 5.84. The van der Waals surface area contributed by atoms with E-state index in [1.807, 2.05) is 0 Å². The van der Waals surface area contributed by atoms with E-state index in [0.717, 1.165) is 6.42 Å². The predicted octanol–water partition coefficient (Wildman–Crippen LogP) is 3.28. The molecule has 0 aromatic carbocycles. The van der Waals surface area contributed by atoms with E-state index in [0.29, 0.717) is 25.5 Å². The van der Waals surface area contributed by atoms with Crippen LogP contribution in [0.2, 0.25) is 0 Å². The highest BCUT2D eigenvalue weighted by molar-refractivity contribution is 8.00. The second-order valence-corrected chi connectivity index (χ2v) is 4.91. The van der Waals surface area contributed by atoms with Gasteiger partial charge in [0.2, 0.25) is 0 Å². The van der Waals surface area contributed by atoms with Gasteiger partial charge in [0.25, 0.3) is 0 Å². The van der Waals surface area contributed by atoms with Crippen LogP contribution in [0.25, 0.3) is 0 Å². The molecule has 1 saturated heterocycles. The zero-order valence-electron chi connectivity index (χ0n) is 7.57. The Balaban J connectivity index is 2.28. The monoisotopic (exact) mass is 248 g/mol. The van der Waals surface area contributed by atoms with Crippen molar-refractivity contribution in [2.24, 2.45) is 5.41 Å². The number of halogens is 4. The maximum absolute atomic E-state index is 11.9. The molecule has 14 heavy (non-hydrogen) atoms. The number of ether oxygens (including phenoxy) is 1. The highest BCUT2D eigenvalue weighted by atomic mass is 35.5. The molecule has 1 aliphatic heterocycles. The van der Waals surface area contributed by atoms with E-state index in [-0.39, 0.29) is 22.9 Å². The zero-order chi connectivity index (χ0) is 10.7. The summed E-state index contributed by atoms with van der Waals surface area (Å²) in [7, 11) is 0. The molecule has 6 heteroatoms. The van der Waals surface area contributed by atoms with Crippen molar-refractivity contribution in [3.05, 3.63) is 0 Å². The third-order valence-corrected chi connectivity index (χ3v) is 3.67. The van der Waals surface area contributed by atoms with Crippen molar-refractivity contribution in [3.8, 4) is 0 Å². The molecule has 0 N–H and O–H groups in total. The third-order valence-electron chi connectivity index (χ3n) is 2.37. The zero-order valence-corrected chi connectivity index (χ0v) is 9.14. The van der Waals surface area contributed by atoms with E-state index >= 15 is 0 Å². The van der Waals surface area contributed by atoms with Gasteiger partial charge < -0.3 is 4.74 Å². The second-order valence-electron chi connectivity index (χ2n) is 3.48.